The number of hydrogen-bond donors (Lipinski definition) is 1. The Morgan fingerprint density at radius 3 is 3.13 bits per heavy atom. The van der Waals surface area contributed by atoms with Gasteiger partial charge in [0.15, 0.2) is 0 Å². The van der Waals surface area contributed by atoms with Gasteiger partial charge in [-0.05, 0) is 17.5 Å². The van der Waals surface area contributed by atoms with Crippen LogP contribution in [0.2, 0.25) is 0 Å². The van der Waals surface area contributed by atoms with E-state index in [-0.39, 0.29) is 11.9 Å². The molecule has 15 heavy (non-hydrogen) atoms. The van der Waals surface area contributed by atoms with E-state index in [4.69, 9.17) is 0 Å². The normalized spacial score (nSPS) is 24.7. The van der Waals surface area contributed by atoms with Crippen molar-refractivity contribution in [3.8, 4) is 0 Å². The first kappa shape index (κ1) is 8.92. The summed E-state index contributed by atoms with van der Waals surface area (Å²) < 4.78 is 0. The minimum atomic E-state index is 0.237. The summed E-state index contributed by atoms with van der Waals surface area (Å²) >= 11 is 0. The third-order valence-corrected chi connectivity index (χ3v) is 3.35. The Kier molecular flexibility index (Phi) is 1.99. The SMILES string of the molecule is O=C1CNCC2c3ccccc3CCN12. The summed E-state index contributed by atoms with van der Waals surface area (Å²) in [5, 5.41) is 3.18. The van der Waals surface area contributed by atoms with E-state index < -0.39 is 0 Å². The van der Waals surface area contributed by atoms with Crippen molar-refractivity contribution in [1.82, 2.24) is 10.2 Å². The fourth-order valence-electron chi connectivity index (χ4n) is 2.59. The molecule has 78 valence electrons. The van der Waals surface area contributed by atoms with Crippen molar-refractivity contribution in [3.05, 3.63) is 35.4 Å². The topological polar surface area (TPSA) is 32.3 Å². The van der Waals surface area contributed by atoms with Crippen LogP contribution in [0.1, 0.15) is 17.2 Å². The zero-order valence-corrected chi connectivity index (χ0v) is 8.57. The van der Waals surface area contributed by atoms with Crippen molar-refractivity contribution in [3.63, 3.8) is 0 Å². The predicted molar refractivity (Wildman–Crippen MR) is 57.5 cm³/mol. The van der Waals surface area contributed by atoms with Gasteiger partial charge in [-0.1, -0.05) is 24.3 Å². The molecule has 3 nitrogen and oxygen atoms in total. The molecule has 3 heteroatoms. The highest BCUT2D eigenvalue weighted by Gasteiger charge is 2.32. The van der Waals surface area contributed by atoms with Crippen LogP contribution in [0.4, 0.5) is 0 Å². The number of rotatable bonds is 0. The highest BCUT2D eigenvalue weighted by molar-refractivity contribution is 5.80. The number of hydrogen-bond acceptors (Lipinski definition) is 2. The van der Waals surface area contributed by atoms with E-state index in [0.717, 1.165) is 19.5 Å². The highest BCUT2D eigenvalue weighted by atomic mass is 16.2. The van der Waals surface area contributed by atoms with Crippen molar-refractivity contribution in [2.75, 3.05) is 19.6 Å². The molecule has 0 bridgehead atoms. The molecule has 0 radical (unpaired) electrons. The maximum Gasteiger partial charge on any atom is 0.237 e. The predicted octanol–water partition coefficient (Wildman–Crippen LogP) is 0.716. The Bertz CT molecular complexity index is 402. The number of fused-ring (bicyclic) bond motifs is 3. The summed E-state index contributed by atoms with van der Waals surface area (Å²) in [5.41, 5.74) is 2.72. The highest BCUT2D eigenvalue weighted by Crippen LogP contribution is 2.30. The fraction of sp³-hybridized carbons (Fsp3) is 0.417. The van der Waals surface area contributed by atoms with E-state index in [1.54, 1.807) is 0 Å². The van der Waals surface area contributed by atoms with Gasteiger partial charge < -0.3 is 10.2 Å². The van der Waals surface area contributed by atoms with E-state index in [1.807, 2.05) is 4.90 Å². The molecular weight excluding hydrogens is 188 g/mol. The Balaban J connectivity index is 2.02. The molecule has 0 spiro atoms. The second-order valence-electron chi connectivity index (χ2n) is 4.18. The summed E-state index contributed by atoms with van der Waals surface area (Å²) in [4.78, 5) is 13.7. The summed E-state index contributed by atoms with van der Waals surface area (Å²) in [6.45, 7) is 2.27. The first-order valence-corrected chi connectivity index (χ1v) is 5.44. The van der Waals surface area contributed by atoms with Gasteiger partial charge in [0.25, 0.3) is 0 Å². The van der Waals surface area contributed by atoms with Gasteiger partial charge in [0.05, 0.1) is 12.6 Å². The zero-order valence-electron chi connectivity index (χ0n) is 8.57. The summed E-state index contributed by atoms with van der Waals surface area (Å²) in [7, 11) is 0. The molecule has 1 aromatic rings. The van der Waals surface area contributed by atoms with Crippen LogP contribution in [-0.2, 0) is 11.2 Å². The van der Waals surface area contributed by atoms with Crippen LogP contribution in [0.25, 0.3) is 0 Å². The van der Waals surface area contributed by atoms with Gasteiger partial charge in [-0.3, -0.25) is 4.79 Å². The minimum Gasteiger partial charge on any atom is -0.333 e. The van der Waals surface area contributed by atoms with Crippen LogP contribution in [0.3, 0.4) is 0 Å². The van der Waals surface area contributed by atoms with E-state index in [0.29, 0.717) is 6.54 Å². The van der Waals surface area contributed by atoms with Crippen LogP contribution >= 0.6 is 0 Å². The second-order valence-corrected chi connectivity index (χ2v) is 4.18. The lowest BCUT2D eigenvalue weighted by atomic mass is 9.91. The smallest absolute Gasteiger partial charge is 0.237 e. The Labute approximate surface area is 89.1 Å². The number of piperazine rings is 1. The van der Waals surface area contributed by atoms with Crippen molar-refractivity contribution in [2.24, 2.45) is 0 Å². The number of nitrogens with zero attached hydrogens (tertiary/aromatic N) is 1. The molecule has 1 saturated heterocycles. The van der Waals surface area contributed by atoms with Crippen molar-refractivity contribution in [2.45, 2.75) is 12.5 Å². The van der Waals surface area contributed by atoms with E-state index >= 15 is 0 Å². The van der Waals surface area contributed by atoms with Gasteiger partial charge in [-0.2, -0.15) is 0 Å². The molecule has 0 aromatic heterocycles. The first-order valence-electron chi connectivity index (χ1n) is 5.44. The van der Waals surface area contributed by atoms with Gasteiger partial charge in [-0.15, -0.1) is 0 Å². The Morgan fingerprint density at radius 1 is 1.33 bits per heavy atom. The molecule has 1 amide bonds. The maximum atomic E-state index is 11.7. The number of carbonyl (C=O) groups excluding carboxylic acids is 1. The van der Waals surface area contributed by atoms with Gasteiger partial charge in [-0.25, -0.2) is 0 Å². The van der Waals surface area contributed by atoms with Crippen LogP contribution in [0.5, 0.6) is 0 Å². The molecule has 0 aliphatic carbocycles. The minimum absolute atomic E-state index is 0.237. The number of benzene rings is 1. The molecule has 1 atom stereocenters. The average molecular weight is 202 g/mol. The van der Waals surface area contributed by atoms with Crippen LogP contribution in [-0.4, -0.2) is 30.4 Å². The quantitative estimate of drug-likeness (QED) is 0.672. The third kappa shape index (κ3) is 1.35. The van der Waals surface area contributed by atoms with Crippen molar-refractivity contribution < 1.29 is 4.79 Å². The standard InChI is InChI=1S/C12H14N2O/c15-12-8-13-7-11-10-4-2-1-3-9(10)5-6-14(11)12/h1-4,11,13H,5-8H2. The lowest BCUT2D eigenvalue weighted by molar-refractivity contribution is -0.135. The molecule has 2 aliphatic heterocycles. The molecule has 2 aliphatic rings. The molecule has 3 rings (SSSR count). The van der Waals surface area contributed by atoms with Gasteiger partial charge in [0.1, 0.15) is 0 Å². The largest absolute Gasteiger partial charge is 0.333 e. The molecule has 0 saturated carbocycles. The van der Waals surface area contributed by atoms with Crippen LogP contribution < -0.4 is 5.32 Å². The van der Waals surface area contributed by atoms with E-state index in [1.165, 1.54) is 11.1 Å². The summed E-state index contributed by atoms with van der Waals surface area (Å²) in [5.74, 6) is 0.237. The van der Waals surface area contributed by atoms with Crippen LogP contribution in [0, 0.1) is 0 Å². The van der Waals surface area contributed by atoms with Gasteiger partial charge in [0.2, 0.25) is 5.91 Å². The van der Waals surface area contributed by atoms with Crippen LogP contribution in [0.15, 0.2) is 24.3 Å². The number of nitrogens with one attached hydrogen (secondary N) is 1. The lowest BCUT2D eigenvalue weighted by Crippen LogP contribution is -2.52. The maximum absolute atomic E-state index is 11.7. The second kappa shape index (κ2) is 3.35. The lowest BCUT2D eigenvalue weighted by Gasteiger charge is -2.40. The molecule has 1 aromatic carbocycles. The third-order valence-electron chi connectivity index (χ3n) is 3.35. The van der Waals surface area contributed by atoms with Gasteiger partial charge >= 0.3 is 0 Å². The monoisotopic (exact) mass is 202 g/mol. The average Bonchev–Trinajstić information content (AvgIpc) is 2.29. The first-order chi connectivity index (χ1) is 7.36. The van der Waals surface area contributed by atoms with Crippen molar-refractivity contribution in [1.29, 1.82) is 0 Å². The summed E-state index contributed by atoms with van der Waals surface area (Å²) in [6, 6.07) is 8.71. The zero-order chi connectivity index (χ0) is 10.3. The Hall–Kier alpha value is -1.35. The van der Waals surface area contributed by atoms with Gasteiger partial charge in [0, 0.05) is 13.1 Å². The fourth-order valence-corrected chi connectivity index (χ4v) is 2.59. The summed E-state index contributed by atoms with van der Waals surface area (Å²) in [6.07, 6.45) is 0.998. The van der Waals surface area contributed by atoms with Crippen molar-refractivity contribution >= 4 is 5.91 Å². The number of amides is 1. The molecular formula is C12H14N2O. The molecule has 1 N–H and O–H groups in total. The number of carbonyl (C=O) groups is 1. The molecule has 1 fully saturated rings. The van der Waals surface area contributed by atoms with E-state index in [9.17, 15) is 4.79 Å². The Morgan fingerprint density at radius 2 is 2.20 bits per heavy atom. The molecule has 1 unspecified atom stereocenters. The molecule has 2 heterocycles. The van der Waals surface area contributed by atoms with E-state index in [2.05, 4.69) is 29.6 Å².